The maximum Gasteiger partial charge on any atom is 0.123 e. The summed E-state index contributed by atoms with van der Waals surface area (Å²) in [4.78, 5) is 0. The summed E-state index contributed by atoms with van der Waals surface area (Å²) in [7, 11) is 1.69. The van der Waals surface area contributed by atoms with Gasteiger partial charge in [-0.05, 0) is 22.4 Å². The van der Waals surface area contributed by atoms with Crippen molar-refractivity contribution < 1.29 is 9.84 Å². The molecule has 23 heavy (non-hydrogen) atoms. The molecule has 0 heterocycles. The van der Waals surface area contributed by atoms with Crippen LogP contribution in [0.2, 0.25) is 0 Å². The van der Waals surface area contributed by atoms with E-state index in [1.165, 1.54) is 10.8 Å². The molecule has 1 unspecified atom stereocenters. The maximum absolute atomic E-state index is 10.2. The standard InChI is InChI=1S/C20H21NO2/c1-23-20-12-11-15-7-5-6-10-17(15)18(20)13-21-14-19(22)16-8-3-2-4-9-16/h2-12,19,21-22H,13-14H2,1H3. The van der Waals surface area contributed by atoms with Gasteiger partial charge in [-0.3, -0.25) is 0 Å². The summed E-state index contributed by atoms with van der Waals surface area (Å²) >= 11 is 0. The predicted octanol–water partition coefficient (Wildman–Crippen LogP) is 3.67. The van der Waals surface area contributed by atoms with Gasteiger partial charge in [0.2, 0.25) is 0 Å². The molecule has 0 amide bonds. The number of ether oxygens (including phenoxy) is 1. The van der Waals surface area contributed by atoms with Crippen molar-refractivity contribution >= 4 is 10.8 Å². The summed E-state index contributed by atoms with van der Waals surface area (Å²) in [6, 6.07) is 22.0. The normalized spacial score (nSPS) is 12.3. The lowest BCUT2D eigenvalue weighted by Crippen LogP contribution is -2.21. The van der Waals surface area contributed by atoms with Crippen molar-refractivity contribution in [3.8, 4) is 5.75 Å². The van der Waals surface area contributed by atoms with Gasteiger partial charge in [0.25, 0.3) is 0 Å². The highest BCUT2D eigenvalue weighted by Gasteiger charge is 2.10. The first-order valence-electron chi connectivity index (χ1n) is 7.78. The Balaban J connectivity index is 1.74. The lowest BCUT2D eigenvalue weighted by Gasteiger charge is -2.15. The predicted molar refractivity (Wildman–Crippen MR) is 93.6 cm³/mol. The van der Waals surface area contributed by atoms with E-state index in [0.29, 0.717) is 13.1 Å². The third-order valence-corrected chi connectivity index (χ3v) is 4.04. The van der Waals surface area contributed by atoms with Crippen molar-refractivity contribution in [3.63, 3.8) is 0 Å². The number of nitrogens with one attached hydrogen (secondary N) is 1. The van der Waals surface area contributed by atoms with Crippen LogP contribution in [0, 0.1) is 0 Å². The smallest absolute Gasteiger partial charge is 0.123 e. The summed E-state index contributed by atoms with van der Waals surface area (Å²) in [5, 5.41) is 15.9. The molecule has 2 N–H and O–H groups in total. The Morgan fingerprint density at radius 1 is 0.957 bits per heavy atom. The van der Waals surface area contributed by atoms with Gasteiger partial charge < -0.3 is 15.2 Å². The fraction of sp³-hybridized carbons (Fsp3) is 0.200. The first-order chi connectivity index (χ1) is 11.3. The topological polar surface area (TPSA) is 41.5 Å². The van der Waals surface area contributed by atoms with Crippen LogP contribution in [0.4, 0.5) is 0 Å². The van der Waals surface area contributed by atoms with E-state index in [2.05, 4.69) is 23.5 Å². The van der Waals surface area contributed by atoms with Crippen molar-refractivity contribution in [2.24, 2.45) is 0 Å². The van der Waals surface area contributed by atoms with Gasteiger partial charge in [-0.25, -0.2) is 0 Å². The van der Waals surface area contributed by atoms with Crippen LogP contribution in [0.15, 0.2) is 66.7 Å². The Morgan fingerprint density at radius 3 is 2.48 bits per heavy atom. The van der Waals surface area contributed by atoms with E-state index >= 15 is 0 Å². The first kappa shape index (κ1) is 15.5. The van der Waals surface area contributed by atoms with E-state index < -0.39 is 6.10 Å². The van der Waals surface area contributed by atoms with Gasteiger partial charge in [0.15, 0.2) is 0 Å². The summed E-state index contributed by atoms with van der Waals surface area (Å²) in [5.74, 6) is 0.866. The van der Waals surface area contributed by atoms with Crippen LogP contribution in [-0.4, -0.2) is 18.8 Å². The minimum Gasteiger partial charge on any atom is -0.496 e. The molecule has 0 aliphatic carbocycles. The van der Waals surface area contributed by atoms with Gasteiger partial charge in [0.05, 0.1) is 13.2 Å². The second-order valence-electron chi connectivity index (χ2n) is 5.52. The van der Waals surface area contributed by atoms with Crippen molar-refractivity contribution in [2.45, 2.75) is 12.6 Å². The number of fused-ring (bicyclic) bond motifs is 1. The molecule has 3 heteroatoms. The lowest BCUT2D eigenvalue weighted by molar-refractivity contribution is 0.174. The average Bonchev–Trinajstić information content (AvgIpc) is 2.62. The Labute approximate surface area is 136 Å². The van der Waals surface area contributed by atoms with Crippen LogP contribution in [0.5, 0.6) is 5.75 Å². The van der Waals surface area contributed by atoms with Crippen molar-refractivity contribution in [1.29, 1.82) is 0 Å². The highest BCUT2D eigenvalue weighted by Crippen LogP contribution is 2.27. The Morgan fingerprint density at radius 2 is 1.70 bits per heavy atom. The van der Waals surface area contributed by atoms with Crippen molar-refractivity contribution in [2.75, 3.05) is 13.7 Å². The zero-order valence-corrected chi connectivity index (χ0v) is 13.2. The van der Waals surface area contributed by atoms with E-state index in [-0.39, 0.29) is 0 Å². The molecule has 0 aromatic heterocycles. The van der Waals surface area contributed by atoms with Crippen molar-refractivity contribution in [3.05, 3.63) is 77.9 Å². The van der Waals surface area contributed by atoms with E-state index in [1.54, 1.807) is 7.11 Å². The Hall–Kier alpha value is -2.36. The van der Waals surface area contributed by atoms with E-state index in [0.717, 1.165) is 16.9 Å². The van der Waals surface area contributed by atoms with Gasteiger partial charge in [-0.15, -0.1) is 0 Å². The number of methoxy groups -OCH3 is 1. The van der Waals surface area contributed by atoms with Crippen LogP contribution in [0.3, 0.4) is 0 Å². The summed E-state index contributed by atoms with van der Waals surface area (Å²) in [6.07, 6.45) is -0.517. The van der Waals surface area contributed by atoms with Crippen LogP contribution in [0.25, 0.3) is 10.8 Å². The van der Waals surface area contributed by atoms with Crippen LogP contribution >= 0.6 is 0 Å². The molecule has 0 bridgehead atoms. The SMILES string of the molecule is COc1ccc2ccccc2c1CNCC(O)c1ccccc1. The molecule has 1 atom stereocenters. The largest absolute Gasteiger partial charge is 0.496 e. The summed E-state index contributed by atoms with van der Waals surface area (Å²) in [5.41, 5.74) is 2.04. The lowest BCUT2D eigenvalue weighted by atomic mass is 10.0. The third kappa shape index (κ3) is 3.52. The third-order valence-electron chi connectivity index (χ3n) is 4.04. The van der Waals surface area contributed by atoms with Gasteiger partial charge in [0, 0.05) is 18.7 Å². The van der Waals surface area contributed by atoms with Gasteiger partial charge in [-0.2, -0.15) is 0 Å². The fourth-order valence-electron chi connectivity index (χ4n) is 2.82. The number of hydrogen-bond acceptors (Lipinski definition) is 3. The summed E-state index contributed by atoms with van der Waals surface area (Å²) in [6.45, 7) is 1.14. The van der Waals surface area contributed by atoms with Crippen LogP contribution in [0.1, 0.15) is 17.2 Å². The minimum atomic E-state index is -0.517. The molecular weight excluding hydrogens is 286 g/mol. The molecule has 3 nitrogen and oxygen atoms in total. The number of aliphatic hydroxyl groups is 1. The molecule has 0 aliphatic rings. The average molecular weight is 307 g/mol. The number of hydrogen-bond donors (Lipinski definition) is 2. The number of benzene rings is 3. The highest BCUT2D eigenvalue weighted by atomic mass is 16.5. The second kappa shape index (κ2) is 7.27. The minimum absolute atomic E-state index is 0.496. The zero-order chi connectivity index (χ0) is 16.1. The van der Waals surface area contributed by atoms with E-state index in [9.17, 15) is 5.11 Å². The number of aliphatic hydroxyl groups excluding tert-OH is 1. The quantitative estimate of drug-likeness (QED) is 0.730. The van der Waals surface area contributed by atoms with E-state index in [4.69, 9.17) is 4.74 Å². The molecule has 0 spiro atoms. The van der Waals surface area contributed by atoms with Crippen LogP contribution < -0.4 is 10.1 Å². The molecule has 0 saturated carbocycles. The highest BCUT2D eigenvalue weighted by molar-refractivity contribution is 5.87. The second-order valence-corrected chi connectivity index (χ2v) is 5.52. The van der Waals surface area contributed by atoms with Gasteiger partial charge in [-0.1, -0.05) is 60.7 Å². The zero-order valence-electron chi connectivity index (χ0n) is 13.2. The van der Waals surface area contributed by atoms with Crippen molar-refractivity contribution in [1.82, 2.24) is 5.32 Å². The molecule has 118 valence electrons. The molecule has 0 saturated heterocycles. The van der Waals surface area contributed by atoms with Crippen LogP contribution in [-0.2, 0) is 6.54 Å². The monoisotopic (exact) mass is 307 g/mol. The molecule has 3 aromatic carbocycles. The molecular formula is C20H21NO2. The molecule has 3 rings (SSSR count). The number of rotatable bonds is 6. The fourth-order valence-corrected chi connectivity index (χ4v) is 2.82. The maximum atomic E-state index is 10.2. The summed E-state index contributed by atoms with van der Waals surface area (Å²) < 4.78 is 5.49. The Kier molecular flexibility index (Phi) is 4.91. The molecule has 0 fully saturated rings. The molecule has 0 aliphatic heterocycles. The van der Waals surface area contributed by atoms with Gasteiger partial charge in [0.1, 0.15) is 5.75 Å². The molecule has 0 radical (unpaired) electrons. The van der Waals surface area contributed by atoms with Gasteiger partial charge >= 0.3 is 0 Å². The molecule has 3 aromatic rings. The first-order valence-corrected chi connectivity index (χ1v) is 7.78. The van der Waals surface area contributed by atoms with E-state index in [1.807, 2.05) is 48.5 Å². The Bertz CT molecular complexity index is 771.